The maximum absolute atomic E-state index is 5.94. The highest BCUT2D eigenvalue weighted by molar-refractivity contribution is 6.30. The Labute approximate surface area is 95.3 Å². The zero-order valence-corrected chi connectivity index (χ0v) is 9.88. The number of hydrogen-bond acceptors (Lipinski definition) is 3. The van der Waals surface area contributed by atoms with Crippen molar-refractivity contribution in [3.8, 4) is 0 Å². The summed E-state index contributed by atoms with van der Waals surface area (Å²) in [6.07, 6.45) is 5.26. The van der Waals surface area contributed by atoms with Gasteiger partial charge in [0.2, 0.25) is 0 Å². The average molecular weight is 226 g/mol. The summed E-state index contributed by atoms with van der Waals surface area (Å²) < 4.78 is 0. The van der Waals surface area contributed by atoms with E-state index in [4.69, 9.17) is 11.6 Å². The van der Waals surface area contributed by atoms with Crippen LogP contribution in [-0.2, 0) is 0 Å². The lowest BCUT2D eigenvalue weighted by molar-refractivity contribution is 0.602. The van der Waals surface area contributed by atoms with E-state index in [0.29, 0.717) is 11.2 Å². The first-order chi connectivity index (χ1) is 7.16. The molecule has 0 spiro atoms. The zero-order chi connectivity index (χ0) is 10.8. The summed E-state index contributed by atoms with van der Waals surface area (Å²) in [4.78, 5) is 8.16. The van der Waals surface area contributed by atoms with Gasteiger partial charge in [-0.1, -0.05) is 18.5 Å². The fraction of sp³-hybridized carbons (Fsp3) is 0.636. The molecule has 15 heavy (non-hydrogen) atoms. The molecule has 2 rings (SSSR count). The van der Waals surface area contributed by atoms with Crippen LogP contribution in [0.5, 0.6) is 0 Å². The molecule has 3 nitrogen and oxygen atoms in total. The molecule has 4 heteroatoms. The number of aromatic nitrogens is 2. The van der Waals surface area contributed by atoms with Crippen LogP contribution in [0.3, 0.4) is 0 Å². The SMILES string of the molecule is Cc1c(Cl)ncnc1NC1CCC(C)C1. The molecule has 1 heterocycles. The first-order valence-electron chi connectivity index (χ1n) is 5.40. The van der Waals surface area contributed by atoms with Crippen molar-refractivity contribution in [2.24, 2.45) is 5.92 Å². The minimum atomic E-state index is 0.540. The van der Waals surface area contributed by atoms with Gasteiger partial charge in [-0.15, -0.1) is 0 Å². The smallest absolute Gasteiger partial charge is 0.137 e. The van der Waals surface area contributed by atoms with Crippen LogP contribution in [0.1, 0.15) is 31.7 Å². The van der Waals surface area contributed by atoms with Gasteiger partial charge in [-0.2, -0.15) is 0 Å². The Morgan fingerprint density at radius 1 is 1.40 bits per heavy atom. The second kappa shape index (κ2) is 4.35. The molecule has 1 aromatic heterocycles. The number of rotatable bonds is 2. The van der Waals surface area contributed by atoms with E-state index in [1.54, 1.807) is 0 Å². The van der Waals surface area contributed by atoms with E-state index in [1.807, 2.05) is 6.92 Å². The molecule has 1 aliphatic rings. The summed E-state index contributed by atoms with van der Waals surface area (Å²) in [7, 11) is 0. The molecule has 82 valence electrons. The van der Waals surface area contributed by atoms with Crippen LogP contribution >= 0.6 is 11.6 Å². The largest absolute Gasteiger partial charge is 0.367 e. The zero-order valence-electron chi connectivity index (χ0n) is 9.13. The Kier molecular flexibility index (Phi) is 3.10. The Morgan fingerprint density at radius 2 is 2.20 bits per heavy atom. The summed E-state index contributed by atoms with van der Waals surface area (Å²) in [6, 6.07) is 0.546. The number of nitrogens with one attached hydrogen (secondary N) is 1. The molecule has 0 bridgehead atoms. The van der Waals surface area contributed by atoms with E-state index in [9.17, 15) is 0 Å². The molecule has 1 aliphatic carbocycles. The summed E-state index contributed by atoms with van der Waals surface area (Å²) >= 11 is 5.94. The third kappa shape index (κ3) is 2.40. The van der Waals surface area contributed by atoms with Crippen molar-refractivity contribution >= 4 is 17.4 Å². The quantitative estimate of drug-likeness (QED) is 0.787. The monoisotopic (exact) mass is 225 g/mol. The first kappa shape index (κ1) is 10.7. The fourth-order valence-corrected chi connectivity index (χ4v) is 2.24. The molecule has 2 unspecified atom stereocenters. The average Bonchev–Trinajstić information content (AvgIpc) is 2.59. The topological polar surface area (TPSA) is 37.8 Å². The van der Waals surface area contributed by atoms with Gasteiger partial charge in [-0.3, -0.25) is 0 Å². The van der Waals surface area contributed by atoms with Crippen LogP contribution < -0.4 is 5.32 Å². The van der Waals surface area contributed by atoms with Gasteiger partial charge >= 0.3 is 0 Å². The Balaban J connectivity index is 2.07. The Bertz CT molecular complexity index is 354. The van der Waals surface area contributed by atoms with Crippen LogP contribution in [0.2, 0.25) is 5.15 Å². The van der Waals surface area contributed by atoms with E-state index < -0.39 is 0 Å². The van der Waals surface area contributed by atoms with Crippen molar-refractivity contribution in [3.05, 3.63) is 17.0 Å². The number of halogens is 1. The number of nitrogens with zero attached hydrogens (tertiary/aromatic N) is 2. The van der Waals surface area contributed by atoms with E-state index in [-0.39, 0.29) is 0 Å². The third-order valence-electron chi connectivity index (χ3n) is 3.06. The van der Waals surface area contributed by atoms with Gasteiger partial charge in [-0.05, 0) is 32.1 Å². The van der Waals surface area contributed by atoms with Gasteiger partial charge in [-0.25, -0.2) is 9.97 Å². The third-order valence-corrected chi connectivity index (χ3v) is 3.44. The van der Waals surface area contributed by atoms with Crippen LogP contribution in [0.15, 0.2) is 6.33 Å². The highest BCUT2D eigenvalue weighted by atomic mass is 35.5. The van der Waals surface area contributed by atoms with Crippen LogP contribution in [0.4, 0.5) is 5.82 Å². The van der Waals surface area contributed by atoms with Gasteiger partial charge < -0.3 is 5.32 Å². The predicted molar refractivity (Wildman–Crippen MR) is 62.2 cm³/mol. The van der Waals surface area contributed by atoms with E-state index in [2.05, 4.69) is 22.2 Å². The lowest BCUT2D eigenvalue weighted by Crippen LogP contribution is -2.17. The molecule has 1 aromatic rings. The molecule has 0 amide bonds. The minimum Gasteiger partial charge on any atom is -0.367 e. The highest BCUT2D eigenvalue weighted by Gasteiger charge is 2.22. The normalized spacial score (nSPS) is 25.5. The maximum atomic E-state index is 5.94. The number of anilines is 1. The lowest BCUT2D eigenvalue weighted by atomic mass is 10.1. The van der Waals surface area contributed by atoms with E-state index >= 15 is 0 Å². The molecule has 1 fully saturated rings. The summed E-state index contributed by atoms with van der Waals surface area (Å²) in [5, 5.41) is 3.99. The highest BCUT2D eigenvalue weighted by Crippen LogP contribution is 2.28. The van der Waals surface area contributed by atoms with Gasteiger partial charge in [0.05, 0.1) is 0 Å². The van der Waals surface area contributed by atoms with Crippen LogP contribution in [0, 0.1) is 12.8 Å². The van der Waals surface area contributed by atoms with Crippen molar-refractivity contribution in [3.63, 3.8) is 0 Å². The summed E-state index contributed by atoms with van der Waals surface area (Å²) in [6.45, 7) is 4.24. The molecule has 2 atom stereocenters. The second-order valence-electron chi connectivity index (χ2n) is 4.40. The molecule has 1 N–H and O–H groups in total. The Hall–Kier alpha value is -0.830. The van der Waals surface area contributed by atoms with Crippen molar-refractivity contribution < 1.29 is 0 Å². The summed E-state index contributed by atoms with van der Waals surface area (Å²) in [5.41, 5.74) is 0.943. The van der Waals surface area contributed by atoms with Gasteiger partial charge in [0.1, 0.15) is 17.3 Å². The van der Waals surface area contributed by atoms with Crippen LogP contribution in [0.25, 0.3) is 0 Å². The molecular formula is C11H16ClN3. The molecule has 0 aliphatic heterocycles. The van der Waals surface area contributed by atoms with Gasteiger partial charge in [0.25, 0.3) is 0 Å². The van der Waals surface area contributed by atoms with Crippen LogP contribution in [-0.4, -0.2) is 16.0 Å². The summed E-state index contributed by atoms with van der Waals surface area (Å²) in [5.74, 6) is 1.70. The molecule has 0 saturated heterocycles. The van der Waals surface area contributed by atoms with Crippen molar-refractivity contribution in [2.75, 3.05) is 5.32 Å². The van der Waals surface area contributed by atoms with Gasteiger partial charge in [0, 0.05) is 11.6 Å². The molecule has 1 saturated carbocycles. The predicted octanol–water partition coefficient (Wildman–Crippen LogP) is 3.04. The first-order valence-corrected chi connectivity index (χ1v) is 5.78. The van der Waals surface area contributed by atoms with E-state index in [0.717, 1.165) is 17.3 Å². The fourth-order valence-electron chi connectivity index (χ4n) is 2.11. The van der Waals surface area contributed by atoms with Crippen molar-refractivity contribution in [1.29, 1.82) is 0 Å². The van der Waals surface area contributed by atoms with Gasteiger partial charge in [0.15, 0.2) is 0 Å². The standard InChI is InChI=1S/C11H16ClN3/c1-7-3-4-9(5-7)15-11-8(2)10(12)13-6-14-11/h6-7,9H,3-5H2,1-2H3,(H,13,14,15). The molecular weight excluding hydrogens is 210 g/mol. The lowest BCUT2D eigenvalue weighted by Gasteiger charge is -2.14. The second-order valence-corrected chi connectivity index (χ2v) is 4.76. The number of hydrogen-bond donors (Lipinski definition) is 1. The Morgan fingerprint density at radius 3 is 2.87 bits per heavy atom. The molecule has 0 aromatic carbocycles. The van der Waals surface area contributed by atoms with Crippen molar-refractivity contribution in [2.45, 2.75) is 39.2 Å². The van der Waals surface area contributed by atoms with Crippen molar-refractivity contribution in [1.82, 2.24) is 9.97 Å². The molecule has 0 radical (unpaired) electrons. The minimum absolute atomic E-state index is 0.540. The maximum Gasteiger partial charge on any atom is 0.137 e. The van der Waals surface area contributed by atoms with E-state index in [1.165, 1.54) is 25.6 Å².